The summed E-state index contributed by atoms with van der Waals surface area (Å²) in [5, 5.41) is 2.76. The zero-order valence-electron chi connectivity index (χ0n) is 11.6. The Hall–Kier alpha value is -1.46. The average Bonchev–Trinajstić information content (AvgIpc) is 2.65. The number of nitrogens with one attached hydrogen (secondary N) is 1. The molecule has 1 aromatic rings. The van der Waals surface area contributed by atoms with Gasteiger partial charge in [-0.15, -0.1) is 0 Å². The number of carbonyl (C=O) groups is 1. The summed E-state index contributed by atoms with van der Waals surface area (Å²) in [5.41, 5.74) is 2.24. The number of alkyl halides is 2. The summed E-state index contributed by atoms with van der Waals surface area (Å²) in [6.45, 7) is 0. The van der Waals surface area contributed by atoms with Crippen molar-refractivity contribution in [2.45, 2.75) is 50.9 Å². The van der Waals surface area contributed by atoms with Crippen molar-refractivity contribution in [3.63, 3.8) is 0 Å². The van der Waals surface area contributed by atoms with Gasteiger partial charge in [0.2, 0.25) is 17.8 Å². The predicted molar refractivity (Wildman–Crippen MR) is 70.8 cm³/mol. The third-order valence-electron chi connectivity index (χ3n) is 4.27. The van der Waals surface area contributed by atoms with E-state index in [1.807, 2.05) is 11.6 Å². The molecular weight excluding hydrogens is 264 g/mol. The largest absolute Gasteiger partial charge is 0.317 e. The molecule has 20 heavy (non-hydrogen) atoms. The Morgan fingerprint density at radius 3 is 2.75 bits per heavy atom. The fourth-order valence-electron chi connectivity index (χ4n) is 3.16. The number of aryl methyl sites for hydroxylation is 1. The molecule has 6 heteroatoms. The van der Waals surface area contributed by atoms with Crippen molar-refractivity contribution in [2.24, 2.45) is 13.0 Å². The van der Waals surface area contributed by atoms with Gasteiger partial charge < -0.3 is 4.57 Å². The van der Waals surface area contributed by atoms with E-state index in [0.717, 1.165) is 31.4 Å². The van der Waals surface area contributed by atoms with E-state index >= 15 is 0 Å². The molecule has 0 aliphatic heterocycles. The molecule has 1 heterocycles. The van der Waals surface area contributed by atoms with Gasteiger partial charge in [-0.2, -0.15) is 0 Å². The van der Waals surface area contributed by atoms with E-state index in [1.54, 1.807) is 0 Å². The van der Waals surface area contributed by atoms with Gasteiger partial charge in [-0.1, -0.05) is 0 Å². The third kappa shape index (κ3) is 2.55. The van der Waals surface area contributed by atoms with E-state index in [9.17, 15) is 13.6 Å². The van der Waals surface area contributed by atoms with Gasteiger partial charge in [0.25, 0.3) is 0 Å². The number of halogens is 2. The smallest absolute Gasteiger partial charge is 0.248 e. The average molecular weight is 283 g/mol. The molecule has 1 aromatic heterocycles. The lowest BCUT2D eigenvalue weighted by molar-refractivity contribution is -0.129. The van der Waals surface area contributed by atoms with Crippen LogP contribution in [0.3, 0.4) is 0 Å². The van der Waals surface area contributed by atoms with Crippen LogP contribution in [0.1, 0.15) is 43.5 Å². The Balaban J connectivity index is 1.60. The van der Waals surface area contributed by atoms with Crippen molar-refractivity contribution in [2.75, 3.05) is 5.32 Å². The highest BCUT2D eigenvalue weighted by Gasteiger charge is 2.45. The number of hydrogen-bond donors (Lipinski definition) is 1. The minimum absolute atomic E-state index is 0.160. The first-order valence-corrected chi connectivity index (χ1v) is 7.17. The molecule has 1 N–H and O–H groups in total. The lowest BCUT2D eigenvalue weighted by atomic mass is 9.79. The Kier molecular flexibility index (Phi) is 3.26. The Morgan fingerprint density at radius 2 is 2.10 bits per heavy atom. The van der Waals surface area contributed by atoms with Crippen LogP contribution in [0.15, 0.2) is 0 Å². The first kappa shape index (κ1) is 13.5. The van der Waals surface area contributed by atoms with E-state index < -0.39 is 5.92 Å². The topological polar surface area (TPSA) is 46.9 Å². The molecular formula is C14H19F2N3O. The number of fused-ring (bicyclic) bond motifs is 1. The van der Waals surface area contributed by atoms with Crippen molar-refractivity contribution in [1.82, 2.24) is 9.55 Å². The van der Waals surface area contributed by atoms with Crippen LogP contribution >= 0.6 is 0 Å². The van der Waals surface area contributed by atoms with Crippen molar-refractivity contribution in [3.8, 4) is 0 Å². The zero-order valence-corrected chi connectivity index (χ0v) is 11.6. The van der Waals surface area contributed by atoms with Crippen LogP contribution < -0.4 is 5.32 Å². The predicted octanol–water partition coefficient (Wildman–Crippen LogP) is 2.67. The molecule has 1 saturated carbocycles. The molecule has 1 amide bonds. The molecule has 2 aliphatic rings. The fraction of sp³-hybridized carbons (Fsp3) is 0.714. The van der Waals surface area contributed by atoms with E-state index in [4.69, 9.17) is 0 Å². The molecule has 0 spiro atoms. The summed E-state index contributed by atoms with van der Waals surface area (Å²) in [6.07, 6.45) is 4.05. The number of amides is 1. The molecule has 0 radical (unpaired) electrons. The third-order valence-corrected chi connectivity index (χ3v) is 4.27. The molecule has 0 atom stereocenters. The molecule has 0 bridgehead atoms. The first-order chi connectivity index (χ1) is 9.44. The molecule has 0 saturated heterocycles. The Labute approximate surface area is 116 Å². The van der Waals surface area contributed by atoms with Crippen LogP contribution in [-0.2, 0) is 24.7 Å². The summed E-state index contributed by atoms with van der Waals surface area (Å²) in [5.74, 6) is -2.42. The second kappa shape index (κ2) is 4.82. The highest BCUT2D eigenvalue weighted by atomic mass is 19.3. The normalized spacial score (nSPS) is 21.1. The van der Waals surface area contributed by atoms with E-state index in [-0.39, 0.29) is 31.1 Å². The summed E-state index contributed by atoms with van der Waals surface area (Å²) < 4.78 is 27.4. The van der Waals surface area contributed by atoms with Crippen molar-refractivity contribution in [1.29, 1.82) is 0 Å². The van der Waals surface area contributed by atoms with Crippen LogP contribution in [0, 0.1) is 5.92 Å². The number of carbonyl (C=O) groups excluding carboxylic acids is 1. The van der Waals surface area contributed by atoms with Gasteiger partial charge in [-0.25, -0.2) is 13.8 Å². The van der Waals surface area contributed by atoms with Gasteiger partial charge in [-0.3, -0.25) is 10.1 Å². The van der Waals surface area contributed by atoms with E-state index in [0.29, 0.717) is 5.95 Å². The summed E-state index contributed by atoms with van der Waals surface area (Å²) in [6, 6.07) is 0. The number of anilines is 1. The lowest BCUT2D eigenvalue weighted by Gasteiger charge is -2.34. The Morgan fingerprint density at radius 1 is 1.40 bits per heavy atom. The number of nitrogens with zero attached hydrogens (tertiary/aromatic N) is 2. The highest BCUT2D eigenvalue weighted by Crippen LogP contribution is 2.44. The van der Waals surface area contributed by atoms with Gasteiger partial charge in [0, 0.05) is 32.0 Å². The maximum absolute atomic E-state index is 12.7. The van der Waals surface area contributed by atoms with E-state index in [2.05, 4.69) is 10.3 Å². The number of rotatable bonds is 3. The lowest BCUT2D eigenvalue weighted by Crippen LogP contribution is -2.37. The molecule has 0 aromatic carbocycles. The monoisotopic (exact) mass is 283 g/mol. The standard InChI is InChI=1S/C14H19F2N3O/c1-19-11-5-3-2-4-10(11)17-13(19)18-12(20)6-9-7-14(15,16)8-9/h9H,2-8H2,1H3,(H,17,18,20). The molecule has 0 unspecified atom stereocenters. The fourth-order valence-corrected chi connectivity index (χ4v) is 3.16. The second-order valence-corrected chi connectivity index (χ2v) is 5.98. The molecule has 110 valence electrons. The minimum Gasteiger partial charge on any atom is -0.317 e. The molecule has 3 rings (SSSR count). The van der Waals surface area contributed by atoms with Gasteiger partial charge in [-0.05, 0) is 31.6 Å². The van der Waals surface area contributed by atoms with Crippen molar-refractivity contribution in [3.05, 3.63) is 11.4 Å². The summed E-state index contributed by atoms with van der Waals surface area (Å²) in [4.78, 5) is 16.3. The maximum atomic E-state index is 12.7. The number of hydrogen-bond acceptors (Lipinski definition) is 2. The maximum Gasteiger partial charge on any atom is 0.248 e. The molecule has 4 nitrogen and oxygen atoms in total. The SMILES string of the molecule is Cn1c(NC(=O)CC2CC(F)(F)C2)nc2c1CCCC2. The summed E-state index contributed by atoms with van der Waals surface area (Å²) >= 11 is 0. The van der Waals surface area contributed by atoms with Crippen LogP contribution in [0.5, 0.6) is 0 Å². The molecule has 1 fully saturated rings. The highest BCUT2D eigenvalue weighted by molar-refractivity contribution is 5.89. The Bertz CT molecular complexity index is 531. The van der Waals surface area contributed by atoms with Crippen molar-refractivity contribution < 1.29 is 13.6 Å². The van der Waals surface area contributed by atoms with Crippen LogP contribution in [0.25, 0.3) is 0 Å². The van der Waals surface area contributed by atoms with Gasteiger partial charge >= 0.3 is 0 Å². The zero-order chi connectivity index (χ0) is 14.3. The van der Waals surface area contributed by atoms with E-state index in [1.165, 1.54) is 5.69 Å². The van der Waals surface area contributed by atoms with Crippen LogP contribution in [0.4, 0.5) is 14.7 Å². The van der Waals surface area contributed by atoms with Crippen LogP contribution in [-0.4, -0.2) is 21.4 Å². The van der Waals surface area contributed by atoms with Gasteiger partial charge in [0.1, 0.15) is 0 Å². The molecule has 2 aliphatic carbocycles. The van der Waals surface area contributed by atoms with Crippen molar-refractivity contribution >= 4 is 11.9 Å². The summed E-state index contributed by atoms with van der Waals surface area (Å²) in [7, 11) is 1.89. The number of imidazole rings is 1. The quantitative estimate of drug-likeness (QED) is 0.927. The van der Waals surface area contributed by atoms with Gasteiger partial charge in [0.05, 0.1) is 5.69 Å². The first-order valence-electron chi connectivity index (χ1n) is 7.17. The van der Waals surface area contributed by atoms with Gasteiger partial charge in [0.15, 0.2) is 0 Å². The second-order valence-electron chi connectivity index (χ2n) is 5.98. The minimum atomic E-state index is -2.56. The van der Waals surface area contributed by atoms with Crippen LogP contribution in [0.2, 0.25) is 0 Å². The number of aromatic nitrogens is 2.